The maximum absolute atomic E-state index is 5.92. The van der Waals surface area contributed by atoms with E-state index in [1.54, 1.807) is 18.2 Å². The van der Waals surface area contributed by atoms with Crippen molar-refractivity contribution in [2.75, 3.05) is 19.8 Å². The third kappa shape index (κ3) is 7.12. The van der Waals surface area contributed by atoms with Crippen LogP contribution < -0.4 is 0 Å². The van der Waals surface area contributed by atoms with E-state index in [1.165, 1.54) is 0 Å². The Morgan fingerprint density at radius 3 is 1.67 bits per heavy atom. The molecule has 5 heteroatoms. The van der Waals surface area contributed by atoms with Crippen LogP contribution in [0.2, 0.25) is 0 Å². The normalized spacial score (nSPS) is 11.0. The van der Waals surface area contributed by atoms with E-state index in [9.17, 15) is 0 Å². The first-order chi connectivity index (χ1) is 10.3. The second-order valence-corrected chi connectivity index (χ2v) is 9.37. The van der Waals surface area contributed by atoms with Crippen LogP contribution in [-0.4, -0.2) is 19.8 Å². The summed E-state index contributed by atoms with van der Waals surface area (Å²) in [6.45, 7) is 12.3. The van der Waals surface area contributed by atoms with E-state index in [1.807, 2.05) is 30.3 Å². The standard InChI is InChI=1S/C7H7O.3C3H5O.Zr/c8-6-7-4-2-1-3-5-7;3*1-2-3-4;/h1-5H,6H2;3*2H,1,3H2;/q4*-1;+4. The fraction of sp³-hybridized carbons (Fsp3) is 0.250. The Bertz CT molecular complexity index is 402. The molecule has 0 saturated carbocycles. The van der Waals surface area contributed by atoms with Gasteiger partial charge in [0, 0.05) is 0 Å². The Labute approximate surface area is 133 Å². The molecule has 0 N–H and O–H groups in total. The molecule has 0 bridgehead atoms. The van der Waals surface area contributed by atoms with Crippen molar-refractivity contribution < 1.29 is 33.3 Å². The van der Waals surface area contributed by atoms with Gasteiger partial charge in [0.1, 0.15) is 0 Å². The molecule has 0 spiro atoms. The number of rotatable bonds is 12. The van der Waals surface area contributed by atoms with Crippen LogP contribution in [0.3, 0.4) is 0 Å². The minimum atomic E-state index is -4.10. The summed E-state index contributed by atoms with van der Waals surface area (Å²) in [5, 5.41) is 0. The molecule has 1 aromatic rings. The fourth-order valence-corrected chi connectivity index (χ4v) is 5.93. The van der Waals surface area contributed by atoms with Crippen LogP contribution >= 0.6 is 0 Å². The van der Waals surface area contributed by atoms with Crippen LogP contribution in [0.15, 0.2) is 68.3 Å². The molecule has 114 valence electrons. The molecule has 0 aromatic heterocycles. The van der Waals surface area contributed by atoms with Crippen LogP contribution in [0.5, 0.6) is 0 Å². The Kier molecular flexibility index (Phi) is 9.39. The van der Waals surface area contributed by atoms with Gasteiger partial charge >= 0.3 is 134 Å². The van der Waals surface area contributed by atoms with E-state index in [0.29, 0.717) is 26.4 Å². The van der Waals surface area contributed by atoms with Crippen LogP contribution in [0.4, 0.5) is 0 Å². The topological polar surface area (TPSA) is 36.9 Å². The fourth-order valence-electron chi connectivity index (χ4n) is 1.48. The van der Waals surface area contributed by atoms with E-state index in [4.69, 9.17) is 11.3 Å². The average Bonchev–Trinajstić information content (AvgIpc) is 2.54. The molecular formula is C16H22O4Zr. The number of hydrogen-bond acceptors (Lipinski definition) is 4. The Morgan fingerprint density at radius 2 is 1.24 bits per heavy atom. The quantitative estimate of drug-likeness (QED) is 0.527. The van der Waals surface area contributed by atoms with E-state index in [2.05, 4.69) is 19.7 Å². The minimum absolute atomic E-state index is 0.319. The average molecular weight is 370 g/mol. The molecule has 0 aliphatic rings. The summed E-state index contributed by atoms with van der Waals surface area (Å²) in [5.74, 6) is 0. The van der Waals surface area contributed by atoms with Crippen molar-refractivity contribution in [2.45, 2.75) is 6.61 Å². The first kappa shape index (κ1) is 18.2. The molecular weight excluding hydrogens is 347 g/mol. The molecule has 0 unspecified atom stereocenters. The number of hydrogen-bond donors (Lipinski definition) is 0. The van der Waals surface area contributed by atoms with Gasteiger partial charge in [-0.05, 0) is 0 Å². The first-order valence-corrected chi connectivity index (χ1v) is 10.7. The van der Waals surface area contributed by atoms with Crippen molar-refractivity contribution in [3.63, 3.8) is 0 Å². The predicted octanol–water partition coefficient (Wildman–Crippen LogP) is 3.62. The molecule has 0 aliphatic heterocycles. The maximum atomic E-state index is 5.92. The third-order valence-corrected chi connectivity index (χ3v) is 7.45. The molecule has 0 atom stereocenters. The summed E-state index contributed by atoms with van der Waals surface area (Å²) in [7, 11) is 0. The second-order valence-electron chi connectivity index (χ2n) is 4.07. The predicted molar refractivity (Wildman–Crippen MR) is 79.7 cm³/mol. The van der Waals surface area contributed by atoms with Gasteiger partial charge in [0.15, 0.2) is 0 Å². The van der Waals surface area contributed by atoms with E-state index in [0.717, 1.165) is 5.56 Å². The monoisotopic (exact) mass is 368 g/mol. The van der Waals surface area contributed by atoms with Crippen LogP contribution in [0.1, 0.15) is 5.56 Å². The van der Waals surface area contributed by atoms with Crippen LogP contribution in [0.25, 0.3) is 0 Å². The van der Waals surface area contributed by atoms with Crippen LogP contribution in [-0.2, 0) is 39.9 Å². The molecule has 0 amide bonds. The zero-order valence-corrected chi connectivity index (χ0v) is 14.7. The summed E-state index contributed by atoms with van der Waals surface area (Å²) >= 11 is -4.10. The van der Waals surface area contributed by atoms with Gasteiger partial charge < -0.3 is 0 Å². The van der Waals surface area contributed by atoms with Crippen molar-refractivity contribution in [3.05, 3.63) is 73.9 Å². The molecule has 0 heterocycles. The molecule has 0 aliphatic carbocycles. The molecule has 0 radical (unpaired) electrons. The van der Waals surface area contributed by atoms with Gasteiger partial charge in [-0.15, -0.1) is 0 Å². The molecule has 1 rings (SSSR count). The zero-order chi connectivity index (χ0) is 15.4. The Morgan fingerprint density at radius 1 is 0.762 bits per heavy atom. The summed E-state index contributed by atoms with van der Waals surface area (Å²) in [6, 6.07) is 9.82. The zero-order valence-electron chi connectivity index (χ0n) is 12.2. The second kappa shape index (κ2) is 10.8. The van der Waals surface area contributed by atoms with Crippen molar-refractivity contribution in [1.29, 1.82) is 0 Å². The summed E-state index contributed by atoms with van der Waals surface area (Å²) < 4.78 is 23.1. The molecule has 21 heavy (non-hydrogen) atoms. The number of benzene rings is 1. The molecule has 1 aromatic carbocycles. The van der Waals surface area contributed by atoms with Gasteiger partial charge in [-0.3, -0.25) is 0 Å². The van der Waals surface area contributed by atoms with E-state index < -0.39 is 22.0 Å². The van der Waals surface area contributed by atoms with E-state index in [-0.39, 0.29) is 0 Å². The van der Waals surface area contributed by atoms with Crippen molar-refractivity contribution in [1.82, 2.24) is 0 Å². The van der Waals surface area contributed by atoms with Crippen LogP contribution in [0, 0.1) is 0 Å². The SMILES string of the molecule is C=CC[O][Zr]([O]CC=C)([O]CC=C)[O]Cc1ccccc1. The van der Waals surface area contributed by atoms with Gasteiger partial charge in [-0.1, -0.05) is 0 Å². The Balaban J connectivity index is 2.76. The molecule has 0 saturated heterocycles. The van der Waals surface area contributed by atoms with Crippen molar-refractivity contribution >= 4 is 0 Å². The van der Waals surface area contributed by atoms with Gasteiger partial charge in [0.05, 0.1) is 0 Å². The summed E-state index contributed by atoms with van der Waals surface area (Å²) in [4.78, 5) is 0. The van der Waals surface area contributed by atoms with Gasteiger partial charge in [0.2, 0.25) is 0 Å². The van der Waals surface area contributed by atoms with Crippen molar-refractivity contribution in [3.8, 4) is 0 Å². The summed E-state index contributed by atoms with van der Waals surface area (Å²) in [6.07, 6.45) is 4.93. The van der Waals surface area contributed by atoms with Gasteiger partial charge in [0.25, 0.3) is 0 Å². The van der Waals surface area contributed by atoms with Crippen molar-refractivity contribution in [2.24, 2.45) is 0 Å². The van der Waals surface area contributed by atoms with Gasteiger partial charge in [-0.25, -0.2) is 0 Å². The van der Waals surface area contributed by atoms with Gasteiger partial charge in [-0.2, -0.15) is 0 Å². The summed E-state index contributed by atoms with van der Waals surface area (Å²) in [5.41, 5.74) is 1.03. The van der Waals surface area contributed by atoms with E-state index >= 15 is 0 Å². The first-order valence-electron chi connectivity index (χ1n) is 6.68. The Hall–Kier alpha value is -0.837. The third-order valence-electron chi connectivity index (χ3n) is 2.39. The molecule has 0 fully saturated rings. The molecule has 4 nitrogen and oxygen atoms in total.